The van der Waals surface area contributed by atoms with Crippen LogP contribution in [0.1, 0.15) is 21.5 Å². The maximum atomic E-state index is 13.2. The minimum atomic E-state index is -3.86. The molecular weight excluding hydrogens is 490 g/mol. The van der Waals surface area contributed by atoms with Crippen molar-refractivity contribution in [1.82, 2.24) is 4.98 Å². The van der Waals surface area contributed by atoms with Crippen molar-refractivity contribution in [2.45, 2.75) is 11.3 Å². The highest BCUT2D eigenvalue weighted by Crippen LogP contribution is 2.31. The summed E-state index contributed by atoms with van der Waals surface area (Å²) < 4.78 is 37.9. The Morgan fingerprint density at radius 3 is 2.08 bits per heavy atom. The number of amides is 1. The van der Waals surface area contributed by atoms with Gasteiger partial charge in [-0.1, -0.05) is 12.1 Å². The molecule has 1 N–H and O–H groups in total. The van der Waals surface area contributed by atoms with Gasteiger partial charge in [-0.05, 0) is 78.2 Å². The number of carbonyl (C=O) groups excluding carboxylic acids is 1. The van der Waals surface area contributed by atoms with Crippen LogP contribution in [0.15, 0.2) is 96.2 Å². The van der Waals surface area contributed by atoms with Gasteiger partial charge in [-0.3, -0.25) is 14.1 Å². The Kier molecular flexibility index (Phi) is 7.74. The lowest BCUT2D eigenvalue weighted by Crippen LogP contribution is -2.26. The summed E-state index contributed by atoms with van der Waals surface area (Å²) in [5, 5.41) is 2.87. The molecule has 0 bridgehead atoms. The molecule has 9 heteroatoms. The van der Waals surface area contributed by atoms with Crippen LogP contribution in [0.4, 0.5) is 11.4 Å². The molecule has 0 saturated carbocycles. The summed E-state index contributed by atoms with van der Waals surface area (Å²) in [4.78, 5) is 16.8. The molecule has 0 spiro atoms. The molecule has 0 aliphatic heterocycles. The van der Waals surface area contributed by atoms with E-state index in [0.717, 1.165) is 21.9 Å². The first kappa shape index (κ1) is 25.7. The van der Waals surface area contributed by atoms with E-state index in [4.69, 9.17) is 9.47 Å². The second-order valence-corrected chi connectivity index (χ2v) is 10.2. The highest BCUT2D eigenvalue weighted by atomic mass is 32.2. The Bertz CT molecular complexity index is 1470. The van der Waals surface area contributed by atoms with Crippen LogP contribution in [0.3, 0.4) is 0 Å². The van der Waals surface area contributed by atoms with Crippen LogP contribution in [0, 0.1) is 0 Å². The summed E-state index contributed by atoms with van der Waals surface area (Å²) in [6, 6.07) is 22.3. The third kappa shape index (κ3) is 5.90. The number of ether oxygens (including phenoxy) is 2. The number of anilines is 2. The van der Waals surface area contributed by atoms with Gasteiger partial charge in [-0.15, -0.1) is 0 Å². The molecule has 0 atom stereocenters. The largest absolute Gasteiger partial charge is 0.493 e. The van der Waals surface area contributed by atoms with Crippen molar-refractivity contribution in [3.63, 3.8) is 0 Å². The van der Waals surface area contributed by atoms with E-state index in [1.165, 1.54) is 33.4 Å². The normalized spacial score (nSPS) is 11.0. The van der Waals surface area contributed by atoms with E-state index in [0.29, 0.717) is 28.4 Å². The van der Waals surface area contributed by atoms with Crippen LogP contribution < -0.4 is 19.1 Å². The Labute approximate surface area is 216 Å². The topological polar surface area (TPSA) is 97.8 Å². The van der Waals surface area contributed by atoms with Gasteiger partial charge in [0.2, 0.25) is 0 Å². The highest BCUT2D eigenvalue weighted by Gasteiger charge is 2.23. The average molecular weight is 518 g/mol. The molecule has 0 aliphatic carbocycles. The maximum Gasteiger partial charge on any atom is 0.264 e. The van der Waals surface area contributed by atoms with Crippen molar-refractivity contribution >= 4 is 27.3 Å². The third-order valence-electron chi connectivity index (χ3n) is 5.88. The van der Waals surface area contributed by atoms with Gasteiger partial charge < -0.3 is 14.8 Å². The zero-order valence-electron chi connectivity index (χ0n) is 20.7. The van der Waals surface area contributed by atoms with Crippen molar-refractivity contribution in [2.75, 3.05) is 30.9 Å². The molecule has 0 fully saturated rings. The first-order chi connectivity index (χ1) is 17.8. The molecule has 0 unspecified atom stereocenters. The van der Waals surface area contributed by atoms with Crippen molar-refractivity contribution in [1.29, 1.82) is 0 Å². The SMILES string of the molecule is COc1ccc(S(=O)(=O)N(C)c2ccc(C(=O)Nc3ccc(Cc4ccncc4)cc3)cc2)cc1OC. The average Bonchev–Trinajstić information content (AvgIpc) is 2.93. The molecular formula is C28H27N3O5S. The fourth-order valence-corrected chi connectivity index (χ4v) is 4.95. The van der Waals surface area contributed by atoms with Gasteiger partial charge in [0.05, 0.1) is 24.8 Å². The lowest BCUT2D eigenvalue weighted by molar-refractivity contribution is 0.102. The van der Waals surface area contributed by atoms with E-state index in [-0.39, 0.29) is 10.8 Å². The summed E-state index contributed by atoms with van der Waals surface area (Å²) in [6.07, 6.45) is 4.30. The predicted molar refractivity (Wildman–Crippen MR) is 143 cm³/mol. The second-order valence-electron chi connectivity index (χ2n) is 8.22. The molecule has 1 heterocycles. The minimum Gasteiger partial charge on any atom is -0.493 e. The summed E-state index contributed by atoms with van der Waals surface area (Å²) in [5.41, 5.74) is 3.76. The van der Waals surface area contributed by atoms with E-state index in [9.17, 15) is 13.2 Å². The van der Waals surface area contributed by atoms with Crippen molar-refractivity contribution in [3.05, 3.63) is 108 Å². The van der Waals surface area contributed by atoms with E-state index in [2.05, 4.69) is 10.3 Å². The Balaban J connectivity index is 1.43. The third-order valence-corrected chi connectivity index (χ3v) is 7.66. The van der Waals surface area contributed by atoms with Gasteiger partial charge in [0.1, 0.15) is 0 Å². The van der Waals surface area contributed by atoms with Crippen LogP contribution in [0.25, 0.3) is 0 Å². The van der Waals surface area contributed by atoms with Crippen LogP contribution in [0.2, 0.25) is 0 Å². The van der Waals surface area contributed by atoms with Gasteiger partial charge >= 0.3 is 0 Å². The highest BCUT2D eigenvalue weighted by molar-refractivity contribution is 7.92. The van der Waals surface area contributed by atoms with Crippen LogP contribution in [-0.4, -0.2) is 40.6 Å². The van der Waals surface area contributed by atoms with E-state index < -0.39 is 10.0 Å². The minimum absolute atomic E-state index is 0.0573. The summed E-state index contributed by atoms with van der Waals surface area (Å²) in [6.45, 7) is 0. The van der Waals surface area contributed by atoms with Gasteiger partial charge in [0, 0.05) is 36.8 Å². The number of carbonyl (C=O) groups is 1. The molecule has 1 aromatic heterocycles. The van der Waals surface area contributed by atoms with Crippen molar-refractivity contribution in [3.8, 4) is 11.5 Å². The molecule has 190 valence electrons. The van der Waals surface area contributed by atoms with Crippen molar-refractivity contribution in [2.24, 2.45) is 0 Å². The quantitative estimate of drug-likeness (QED) is 0.344. The molecule has 3 aromatic carbocycles. The number of hydrogen-bond donors (Lipinski definition) is 1. The number of pyridine rings is 1. The number of rotatable bonds is 9. The monoisotopic (exact) mass is 517 g/mol. The Hall–Kier alpha value is -4.37. The zero-order valence-corrected chi connectivity index (χ0v) is 21.5. The molecule has 0 saturated heterocycles. The number of methoxy groups -OCH3 is 2. The number of benzene rings is 3. The lowest BCUT2D eigenvalue weighted by Gasteiger charge is -2.20. The first-order valence-electron chi connectivity index (χ1n) is 11.4. The molecule has 1 amide bonds. The van der Waals surface area contributed by atoms with E-state index >= 15 is 0 Å². The molecule has 37 heavy (non-hydrogen) atoms. The Morgan fingerprint density at radius 2 is 1.46 bits per heavy atom. The number of nitrogens with zero attached hydrogens (tertiary/aromatic N) is 2. The summed E-state index contributed by atoms with van der Waals surface area (Å²) in [7, 11) is 0.513. The molecule has 4 aromatic rings. The number of aromatic nitrogens is 1. The van der Waals surface area contributed by atoms with E-state index in [1.54, 1.807) is 42.7 Å². The number of sulfonamides is 1. The molecule has 4 rings (SSSR count). The van der Waals surface area contributed by atoms with Gasteiger partial charge in [-0.2, -0.15) is 0 Å². The Morgan fingerprint density at radius 1 is 0.838 bits per heavy atom. The van der Waals surface area contributed by atoms with Crippen LogP contribution in [-0.2, 0) is 16.4 Å². The van der Waals surface area contributed by atoms with E-state index in [1.807, 2.05) is 36.4 Å². The van der Waals surface area contributed by atoms with Crippen LogP contribution in [0.5, 0.6) is 11.5 Å². The van der Waals surface area contributed by atoms with Crippen molar-refractivity contribution < 1.29 is 22.7 Å². The number of hydrogen-bond acceptors (Lipinski definition) is 6. The molecule has 8 nitrogen and oxygen atoms in total. The smallest absolute Gasteiger partial charge is 0.264 e. The van der Waals surface area contributed by atoms with Gasteiger partial charge in [-0.25, -0.2) is 8.42 Å². The first-order valence-corrected chi connectivity index (χ1v) is 12.9. The molecule has 0 radical (unpaired) electrons. The fraction of sp³-hybridized carbons (Fsp3) is 0.143. The summed E-state index contributed by atoms with van der Waals surface area (Å²) in [5.74, 6) is 0.455. The fourth-order valence-electron chi connectivity index (χ4n) is 3.74. The number of nitrogens with one attached hydrogen (secondary N) is 1. The summed E-state index contributed by atoms with van der Waals surface area (Å²) >= 11 is 0. The molecule has 0 aliphatic rings. The van der Waals surface area contributed by atoms with Gasteiger partial charge in [0.15, 0.2) is 11.5 Å². The zero-order chi connectivity index (χ0) is 26.4. The maximum absolute atomic E-state index is 13.2. The van der Waals surface area contributed by atoms with Crippen LogP contribution >= 0.6 is 0 Å². The lowest BCUT2D eigenvalue weighted by atomic mass is 10.1. The van der Waals surface area contributed by atoms with Gasteiger partial charge in [0.25, 0.3) is 15.9 Å². The standard InChI is InChI=1S/C28H27N3O5S/c1-31(37(33,34)25-12-13-26(35-2)27(19-25)36-3)24-10-6-22(7-11-24)28(32)30-23-8-4-20(5-9-23)18-21-14-16-29-17-15-21/h4-17,19H,18H2,1-3H3,(H,30,32). The second kappa shape index (κ2) is 11.1. The predicted octanol–water partition coefficient (Wildman–Crippen LogP) is 4.77.